The number of hydrogen-bond acceptors (Lipinski definition) is 2. The Labute approximate surface area is 115 Å². The second-order valence-electron chi connectivity index (χ2n) is 4.76. The van der Waals surface area contributed by atoms with Gasteiger partial charge in [-0.2, -0.15) is 0 Å². The first-order chi connectivity index (χ1) is 9.29. The molecule has 0 saturated heterocycles. The summed E-state index contributed by atoms with van der Waals surface area (Å²) in [7, 11) is 1.70. The van der Waals surface area contributed by atoms with Gasteiger partial charge in [-0.25, -0.2) is 0 Å². The van der Waals surface area contributed by atoms with Gasteiger partial charge in [0.05, 0.1) is 7.11 Å². The van der Waals surface area contributed by atoms with E-state index in [-0.39, 0.29) is 6.04 Å². The van der Waals surface area contributed by atoms with Crippen LogP contribution >= 0.6 is 0 Å². The fraction of sp³-hybridized carbons (Fsp3) is 0.294. The van der Waals surface area contributed by atoms with Gasteiger partial charge in [-0.3, -0.25) is 0 Å². The molecule has 2 N–H and O–H groups in total. The maximum absolute atomic E-state index is 6.19. The van der Waals surface area contributed by atoms with Gasteiger partial charge in [0.2, 0.25) is 0 Å². The zero-order valence-corrected chi connectivity index (χ0v) is 11.4. The Morgan fingerprint density at radius 1 is 1.05 bits per heavy atom. The van der Waals surface area contributed by atoms with Gasteiger partial charge < -0.3 is 10.5 Å². The standard InChI is InChI=1S/C17H21NO/c1-19-16-11-5-7-14(13-16)8-6-12-17(18)15-9-3-2-4-10-15/h2-5,7,9-11,13,17H,6,8,12,18H2,1H3. The van der Waals surface area contributed by atoms with Gasteiger partial charge in [0.15, 0.2) is 0 Å². The summed E-state index contributed by atoms with van der Waals surface area (Å²) in [6.45, 7) is 0. The zero-order chi connectivity index (χ0) is 13.5. The van der Waals surface area contributed by atoms with Gasteiger partial charge in [-0.15, -0.1) is 0 Å². The van der Waals surface area contributed by atoms with Crippen molar-refractivity contribution in [3.8, 4) is 5.75 Å². The fourth-order valence-corrected chi connectivity index (χ4v) is 2.22. The van der Waals surface area contributed by atoms with Gasteiger partial charge in [-0.1, -0.05) is 42.5 Å². The maximum Gasteiger partial charge on any atom is 0.119 e. The molecule has 1 atom stereocenters. The first kappa shape index (κ1) is 13.6. The number of ether oxygens (including phenoxy) is 1. The van der Waals surface area contributed by atoms with Crippen LogP contribution in [0.25, 0.3) is 0 Å². The normalized spacial score (nSPS) is 12.1. The van der Waals surface area contributed by atoms with Gasteiger partial charge in [0.1, 0.15) is 5.75 Å². The molecule has 0 spiro atoms. The second kappa shape index (κ2) is 6.95. The topological polar surface area (TPSA) is 35.2 Å². The third kappa shape index (κ3) is 4.11. The molecule has 1 unspecified atom stereocenters. The van der Waals surface area contributed by atoms with Crippen LogP contribution in [0.15, 0.2) is 54.6 Å². The van der Waals surface area contributed by atoms with Crippen LogP contribution in [0.1, 0.15) is 30.0 Å². The minimum absolute atomic E-state index is 0.131. The predicted octanol–water partition coefficient (Wildman–Crippen LogP) is 3.72. The van der Waals surface area contributed by atoms with Crippen molar-refractivity contribution < 1.29 is 4.74 Å². The van der Waals surface area contributed by atoms with Crippen LogP contribution in [0.3, 0.4) is 0 Å². The van der Waals surface area contributed by atoms with Gasteiger partial charge in [0.25, 0.3) is 0 Å². The van der Waals surface area contributed by atoms with Crippen LogP contribution in [-0.4, -0.2) is 7.11 Å². The number of hydrogen-bond donors (Lipinski definition) is 1. The average Bonchev–Trinajstić information content (AvgIpc) is 2.48. The summed E-state index contributed by atoms with van der Waals surface area (Å²) in [5.41, 5.74) is 8.71. The molecular weight excluding hydrogens is 234 g/mol. The highest BCUT2D eigenvalue weighted by molar-refractivity contribution is 5.28. The molecule has 0 radical (unpaired) electrons. The lowest BCUT2D eigenvalue weighted by atomic mass is 10.00. The fourth-order valence-electron chi connectivity index (χ4n) is 2.22. The molecule has 100 valence electrons. The Bertz CT molecular complexity index is 496. The van der Waals surface area contributed by atoms with Crippen molar-refractivity contribution in [2.75, 3.05) is 7.11 Å². The Morgan fingerprint density at radius 2 is 1.84 bits per heavy atom. The van der Waals surface area contributed by atoms with E-state index in [9.17, 15) is 0 Å². The van der Waals surface area contributed by atoms with Crippen molar-refractivity contribution >= 4 is 0 Å². The molecule has 0 aliphatic carbocycles. The molecule has 0 bridgehead atoms. The highest BCUT2D eigenvalue weighted by Crippen LogP contribution is 2.19. The predicted molar refractivity (Wildman–Crippen MR) is 79.3 cm³/mol. The summed E-state index contributed by atoms with van der Waals surface area (Å²) < 4.78 is 5.23. The van der Waals surface area contributed by atoms with E-state index in [4.69, 9.17) is 10.5 Å². The molecular formula is C17H21NO. The molecule has 0 amide bonds. The lowest BCUT2D eigenvalue weighted by molar-refractivity contribution is 0.414. The van der Waals surface area contributed by atoms with Crippen LogP contribution < -0.4 is 10.5 Å². The molecule has 0 heterocycles. The largest absolute Gasteiger partial charge is 0.497 e. The first-order valence-electron chi connectivity index (χ1n) is 6.73. The molecule has 0 aliphatic rings. The van der Waals surface area contributed by atoms with Crippen molar-refractivity contribution in [2.45, 2.75) is 25.3 Å². The highest BCUT2D eigenvalue weighted by atomic mass is 16.5. The number of methoxy groups -OCH3 is 1. The minimum atomic E-state index is 0.131. The first-order valence-corrected chi connectivity index (χ1v) is 6.73. The van der Waals surface area contributed by atoms with Crippen LogP contribution in [0, 0.1) is 0 Å². The van der Waals surface area contributed by atoms with E-state index < -0.39 is 0 Å². The molecule has 0 fully saturated rings. The van der Waals surface area contributed by atoms with Crippen molar-refractivity contribution in [2.24, 2.45) is 5.73 Å². The zero-order valence-electron chi connectivity index (χ0n) is 11.4. The summed E-state index contributed by atoms with van der Waals surface area (Å²) in [5.74, 6) is 0.921. The quantitative estimate of drug-likeness (QED) is 0.854. The molecule has 0 aromatic heterocycles. The monoisotopic (exact) mass is 255 g/mol. The number of nitrogens with two attached hydrogens (primary N) is 1. The van der Waals surface area contributed by atoms with Crippen molar-refractivity contribution in [1.82, 2.24) is 0 Å². The van der Waals surface area contributed by atoms with Gasteiger partial charge in [0, 0.05) is 6.04 Å². The van der Waals surface area contributed by atoms with Crippen LogP contribution in [-0.2, 0) is 6.42 Å². The molecule has 2 rings (SSSR count). The van der Waals surface area contributed by atoms with E-state index >= 15 is 0 Å². The molecule has 2 aromatic rings. The SMILES string of the molecule is COc1cccc(CCCC(N)c2ccccc2)c1. The molecule has 2 heteroatoms. The average molecular weight is 255 g/mol. The molecule has 2 nitrogen and oxygen atoms in total. The van der Waals surface area contributed by atoms with Crippen molar-refractivity contribution in [1.29, 1.82) is 0 Å². The Hall–Kier alpha value is -1.80. The summed E-state index contributed by atoms with van der Waals surface area (Å²) >= 11 is 0. The summed E-state index contributed by atoms with van der Waals surface area (Å²) in [4.78, 5) is 0. The summed E-state index contributed by atoms with van der Waals surface area (Å²) in [6, 6.07) is 18.6. The Kier molecular flexibility index (Phi) is 4.99. The Morgan fingerprint density at radius 3 is 2.58 bits per heavy atom. The number of aryl methyl sites for hydroxylation is 1. The van der Waals surface area contributed by atoms with Gasteiger partial charge in [-0.05, 0) is 42.5 Å². The van der Waals surface area contributed by atoms with Crippen LogP contribution in [0.5, 0.6) is 5.75 Å². The van der Waals surface area contributed by atoms with E-state index in [2.05, 4.69) is 24.3 Å². The highest BCUT2D eigenvalue weighted by Gasteiger charge is 2.05. The molecule has 0 saturated carbocycles. The van der Waals surface area contributed by atoms with E-state index in [0.717, 1.165) is 25.0 Å². The lowest BCUT2D eigenvalue weighted by Gasteiger charge is -2.12. The third-order valence-corrected chi connectivity index (χ3v) is 3.34. The van der Waals surface area contributed by atoms with Crippen LogP contribution in [0.4, 0.5) is 0 Å². The minimum Gasteiger partial charge on any atom is -0.497 e. The van der Waals surface area contributed by atoms with Crippen LogP contribution in [0.2, 0.25) is 0 Å². The number of rotatable bonds is 6. The lowest BCUT2D eigenvalue weighted by Crippen LogP contribution is -2.10. The summed E-state index contributed by atoms with van der Waals surface area (Å²) in [5, 5.41) is 0. The van der Waals surface area contributed by atoms with Gasteiger partial charge >= 0.3 is 0 Å². The summed E-state index contributed by atoms with van der Waals surface area (Å²) in [6.07, 6.45) is 3.13. The molecule has 19 heavy (non-hydrogen) atoms. The second-order valence-corrected chi connectivity index (χ2v) is 4.76. The van der Waals surface area contributed by atoms with E-state index in [0.29, 0.717) is 0 Å². The van der Waals surface area contributed by atoms with Crippen molar-refractivity contribution in [3.63, 3.8) is 0 Å². The van der Waals surface area contributed by atoms with E-state index in [1.54, 1.807) is 7.11 Å². The molecule has 0 aliphatic heterocycles. The van der Waals surface area contributed by atoms with E-state index in [1.807, 2.05) is 30.3 Å². The third-order valence-electron chi connectivity index (χ3n) is 3.34. The number of benzene rings is 2. The maximum atomic E-state index is 6.19. The van der Waals surface area contributed by atoms with Crippen molar-refractivity contribution in [3.05, 3.63) is 65.7 Å². The smallest absolute Gasteiger partial charge is 0.119 e. The Balaban J connectivity index is 1.83. The van der Waals surface area contributed by atoms with E-state index in [1.165, 1.54) is 11.1 Å². The molecule has 2 aromatic carbocycles.